The third-order valence-electron chi connectivity index (χ3n) is 1.38. The molecule has 0 heteroatoms. The smallest absolute Gasteiger partial charge is 0.0348 e. The first-order valence-corrected chi connectivity index (χ1v) is 4.18. The fourth-order valence-electron chi connectivity index (χ4n) is 0.805. The van der Waals surface area contributed by atoms with Gasteiger partial charge in [0, 0.05) is 0 Å². The number of hydrogen-bond donors (Lipinski definition) is 0. The fraction of sp³-hybridized carbons (Fsp3) is 0.600. The molecule has 0 aromatic rings. The molecule has 0 radical (unpaired) electrons. The van der Waals surface area contributed by atoms with Crippen LogP contribution in [0.15, 0.2) is 24.3 Å². The largest absolute Gasteiger partial charge is 0.0917 e. The van der Waals surface area contributed by atoms with Gasteiger partial charge >= 0.3 is 0 Å². The third kappa shape index (κ3) is 7.48. The molecule has 0 aromatic heterocycles. The van der Waals surface area contributed by atoms with Crippen LogP contribution in [0.4, 0.5) is 0 Å². The molecule has 0 rings (SSSR count). The van der Waals surface area contributed by atoms with Crippen molar-refractivity contribution in [2.45, 2.75) is 39.5 Å². The quantitative estimate of drug-likeness (QED) is 0.401. The number of unbranched alkanes of at least 4 members (excludes halogenated alkanes) is 2. The summed E-state index contributed by atoms with van der Waals surface area (Å²) in [5, 5.41) is 0. The first-order chi connectivity index (χ1) is 4.91. The predicted octanol–water partition coefficient (Wildman–Crippen LogP) is 3.70. The lowest BCUT2D eigenvalue weighted by molar-refractivity contribution is 0.864. The molecule has 0 saturated carbocycles. The summed E-state index contributed by atoms with van der Waals surface area (Å²) in [7, 11) is 0. The summed E-state index contributed by atoms with van der Waals surface area (Å²) in [6, 6.07) is 0. The van der Waals surface area contributed by atoms with Gasteiger partial charge in [0.05, 0.1) is 0 Å². The summed E-state index contributed by atoms with van der Waals surface area (Å²) in [6.45, 7) is 4.24. The van der Waals surface area contributed by atoms with E-state index in [1.165, 1.54) is 25.7 Å². The van der Waals surface area contributed by atoms with Crippen LogP contribution in [-0.4, -0.2) is 0 Å². The highest BCUT2D eigenvalue weighted by atomic mass is 13.8. The van der Waals surface area contributed by atoms with Crippen LogP contribution in [-0.2, 0) is 0 Å². The third-order valence-corrected chi connectivity index (χ3v) is 1.38. The molecule has 0 atom stereocenters. The second-order valence-electron chi connectivity index (χ2n) is 2.38. The molecular formula is C10H18. The minimum atomic E-state index is 1.17. The molecule has 0 aliphatic heterocycles. The molecule has 0 heterocycles. The van der Waals surface area contributed by atoms with Crippen molar-refractivity contribution < 1.29 is 0 Å². The molecule has 0 spiro atoms. The Kier molecular flexibility index (Phi) is 8.04. The lowest BCUT2D eigenvalue weighted by Crippen LogP contribution is -1.67. The van der Waals surface area contributed by atoms with E-state index < -0.39 is 0 Å². The Hall–Kier alpha value is -0.520. The highest BCUT2D eigenvalue weighted by Gasteiger charge is 1.77. The molecule has 0 saturated heterocycles. The van der Waals surface area contributed by atoms with Gasteiger partial charge in [-0.05, 0) is 32.6 Å². The average molecular weight is 138 g/mol. The summed E-state index contributed by atoms with van der Waals surface area (Å²) in [5.41, 5.74) is 0. The number of allylic oxidation sites excluding steroid dienone is 4. The van der Waals surface area contributed by atoms with Crippen molar-refractivity contribution in [2.24, 2.45) is 0 Å². The molecule has 0 fully saturated rings. The second-order valence-corrected chi connectivity index (χ2v) is 2.38. The Bertz CT molecular complexity index is 98.6. The molecule has 0 bridgehead atoms. The monoisotopic (exact) mass is 138 g/mol. The van der Waals surface area contributed by atoms with Crippen LogP contribution in [0, 0.1) is 0 Å². The van der Waals surface area contributed by atoms with Crippen LogP contribution >= 0.6 is 0 Å². The topological polar surface area (TPSA) is 0 Å². The summed E-state index contributed by atoms with van der Waals surface area (Å²) >= 11 is 0. The molecule has 0 N–H and O–H groups in total. The highest BCUT2D eigenvalue weighted by Crippen LogP contribution is 1.97. The lowest BCUT2D eigenvalue weighted by Gasteiger charge is -1.88. The van der Waals surface area contributed by atoms with Gasteiger partial charge in [-0.15, -0.1) is 0 Å². The molecule has 0 unspecified atom stereocenters. The molecule has 10 heavy (non-hydrogen) atoms. The van der Waals surface area contributed by atoms with Crippen LogP contribution in [0.2, 0.25) is 0 Å². The zero-order valence-corrected chi connectivity index (χ0v) is 7.14. The molecule has 0 nitrogen and oxygen atoms in total. The van der Waals surface area contributed by atoms with E-state index in [0.717, 1.165) is 0 Å². The van der Waals surface area contributed by atoms with Gasteiger partial charge in [-0.2, -0.15) is 0 Å². The van der Waals surface area contributed by atoms with E-state index in [9.17, 15) is 0 Å². The van der Waals surface area contributed by atoms with Crippen molar-refractivity contribution in [2.75, 3.05) is 0 Å². The summed E-state index contributed by atoms with van der Waals surface area (Å²) in [6.07, 6.45) is 13.8. The second kappa shape index (κ2) is 8.48. The van der Waals surface area contributed by atoms with Crippen LogP contribution in [0.3, 0.4) is 0 Å². The van der Waals surface area contributed by atoms with Crippen molar-refractivity contribution in [3.63, 3.8) is 0 Å². The predicted molar refractivity (Wildman–Crippen MR) is 48.1 cm³/mol. The van der Waals surface area contributed by atoms with Gasteiger partial charge in [-0.3, -0.25) is 0 Å². The van der Waals surface area contributed by atoms with Crippen molar-refractivity contribution in [3.8, 4) is 0 Å². The summed E-state index contributed by atoms with van der Waals surface area (Å²) in [5.74, 6) is 0. The first-order valence-electron chi connectivity index (χ1n) is 4.18. The van der Waals surface area contributed by atoms with Crippen LogP contribution in [0.5, 0.6) is 0 Å². The molecule has 0 aliphatic carbocycles. The van der Waals surface area contributed by atoms with Gasteiger partial charge in [-0.25, -0.2) is 0 Å². The normalized spacial score (nSPS) is 11.8. The van der Waals surface area contributed by atoms with E-state index in [-0.39, 0.29) is 0 Å². The van der Waals surface area contributed by atoms with E-state index in [4.69, 9.17) is 0 Å². The van der Waals surface area contributed by atoms with Gasteiger partial charge in [-0.1, -0.05) is 31.2 Å². The van der Waals surface area contributed by atoms with Crippen molar-refractivity contribution >= 4 is 0 Å². The Morgan fingerprint density at radius 2 is 1.70 bits per heavy atom. The van der Waals surface area contributed by atoms with E-state index in [2.05, 4.69) is 38.2 Å². The summed E-state index contributed by atoms with van der Waals surface area (Å²) in [4.78, 5) is 0. The fourth-order valence-corrected chi connectivity index (χ4v) is 0.805. The molecule has 0 aliphatic rings. The zero-order valence-electron chi connectivity index (χ0n) is 7.14. The van der Waals surface area contributed by atoms with E-state index in [0.29, 0.717) is 0 Å². The van der Waals surface area contributed by atoms with E-state index in [1.54, 1.807) is 0 Å². The zero-order chi connectivity index (χ0) is 7.66. The lowest BCUT2D eigenvalue weighted by atomic mass is 10.2. The average Bonchev–Trinajstić information content (AvgIpc) is 1.97. The first kappa shape index (κ1) is 9.48. The summed E-state index contributed by atoms with van der Waals surface area (Å²) < 4.78 is 0. The highest BCUT2D eigenvalue weighted by molar-refractivity contribution is 4.82. The van der Waals surface area contributed by atoms with Crippen molar-refractivity contribution in [3.05, 3.63) is 24.3 Å². The maximum absolute atomic E-state index is 2.27. The molecule has 58 valence electrons. The van der Waals surface area contributed by atoms with Gasteiger partial charge < -0.3 is 0 Å². The minimum absolute atomic E-state index is 1.17. The Labute approximate surface area is 64.6 Å². The van der Waals surface area contributed by atoms with E-state index in [1.807, 2.05) is 0 Å². The van der Waals surface area contributed by atoms with E-state index >= 15 is 0 Å². The molecule has 0 amide bonds. The van der Waals surface area contributed by atoms with Gasteiger partial charge in [0.1, 0.15) is 0 Å². The van der Waals surface area contributed by atoms with Crippen LogP contribution in [0.1, 0.15) is 39.5 Å². The maximum atomic E-state index is 2.27. The molecule has 0 aromatic carbocycles. The van der Waals surface area contributed by atoms with Crippen molar-refractivity contribution in [1.29, 1.82) is 0 Å². The molecular weight excluding hydrogens is 120 g/mol. The standard InChI is InChI=1S/C10H18/c1-3-5-7-9-10-8-6-4-2/h3,5-6,8H,4,7,9-10H2,1-2H3/b5-3+,8-6-. The van der Waals surface area contributed by atoms with Crippen LogP contribution < -0.4 is 0 Å². The van der Waals surface area contributed by atoms with Crippen LogP contribution in [0.25, 0.3) is 0 Å². The van der Waals surface area contributed by atoms with Gasteiger partial charge in [0.15, 0.2) is 0 Å². The van der Waals surface area contributed by atoms with Gasteiger partial charge in [0.2, 0.25) is 0 Å². The Morgan fingerprint density at radius 3 is 2.30 bits per heavy atom. The number of rotatable bonds is 5. The Balaban J connectivity index is 2.97. The van der Waals surface area contributed by atoms with Crippen molar-refractivity contribution in [1.82, 2.24) is 0 Å². The maximum Gasteiger partial charge on any atom is -0.0348 e. The Morgan fingerprint density at radius 1 is 1.00 bits per heavy atom. The SMILES string of the molecule is C/C=C/CCC/C=C\CC. The minimum Gasteiger partial charge on any atom is -0.0917 e. The number of hydrogen-bond acceptors (Lipinski definition) is 0. The van der Waals surface area contributed by atoms with Gasteiger partial charge in [0.25, 0.3) is 0 Å².